The third kappa shape index (κ3) is 7.89. The lowest BCUT2D eigenvalue weighted by Crippen LogP contribution is -2.67. The zero-order valence-electron chi connectivity index (χ0n) is 39.4. The molecule has 0 radical (unpaired) electrons. The van der Waals surface area contributed by atoms with Crippen molar-refractivity contribution in [2.75, 3.05) is 36.0 Å². The molecule has 354 valence electrons. The molecule has 5 aromatic rings. The highest BCUT2D eigenvalue weighted by molar-refractivity contribution is 6.31. The van der Waals surface area contributed by atoms with Crippen LogP contribution < -0.4 is 14.5 Å². The number of amides is 2. The van der Waals surface area contributed by atoms with Crippen molar-refractivity contribution in [1.29, 1.82) is 5.26 Å². The number of hydrogen-bond acceptors (Lipinski definition) is 10. The Kier molecular flexibility index (Phi) is 11.4. The first kappa shape index (κ1) is 45.6. The van der Waals surface area contributed by atoms with E-state index in [4.69, 9.17) is 21.4 Å². The number of benzene rings is 2. The first-order chi connectivity index (χ1) is 32.5. The molecular weight excluding hydrogens is 888 g/mol. The van der Waals surface area contributed by atoms with Gasteiger partial charge in [0.05, 0.1) is 34.9 Å². The first-order valence-corrected chi connectivity index (χ1v) is 24.0. The van der Waals surface area contributed by atoms with Crippen molar-refractivity contribution >= 4 is 46.6 Å². The van der Waals surface area contributed by atoms with Crippen molar-refractivity contribution in [1.82, 2.24) is 34.4 Å². The second-order valence-corrected chi connectivity index (χ2v) is 21.0. The number of alkyl halides is 2. The number of carbonyl (C=O) groups excluding carboxylic acids is 2. The summed E-state index contributed by atoms with van der Waals surface area (Å²) < 4.78 is 39.8. The molecule has 17 heteroatoms. The smallest absolute Gasteiger partial charge is 0.280 e. The molecule has 1 saturated heterocycles. The fraction of sp³-hybridized carbons (Fsp3) is 0.490. The zero-order valence-corrected chi connectivity index (χ0v) is 40.2. The zero-order chi connectivity index (χ0) is 47.9. The lowest BCUT2D eigenvalue weighted by Gasteiger charge is -2.57. The lowest BCUT2D eigenvalue weighted by molar-refractivity contribution is -0.129. The van der Waals surface area contributed by atoms with Gasteiger partial charge in [-0.15, -0.1) is 0 Å². The number of fused-ring (bicyclic) bond motifs is 2. The van der Waals surface area contributed by atoms with E-state index < -0.39 is 23.2 Å². The first-order valence-electron chi connectivity index (χ1n) is 23.6. The number of nitrogens with zero attached hydrogens (tertiary/aromatic N) is 11. The van der Waals surface area contributed by atoms with Crippen molar-refractivity contribution in [3.63, 3.8) is 0 Å². The van der Waals surface area contributed by atoms with Gasteiger partial charge in [0.25, 0.3) is 12.3 Å². The van der Waals surface area contributed by atoms with Gasteiger partial charge in [-0.25, -0.2) is 23.7 Å². The molecule has 2 saturated carbocycles. The molecule has 5 aliphatic rings. The normalized spacial score (nSPS) is 20.5. The summed E-state index contributed by atoms with van der Waals surface area (Å²) >= 11 is 6.27. The number of hydrogen-bond donors (Lipinski definition) is 0. The van der Waals surface area contributed by atoms with Gasteiger partial charge in [-0.2, -0.15) is 15.5 Å². The number of carbonyl (C=O) groups is 2. The van der Waals surface area contributed by atoms with Gasteiger partial charge < -0.3 is 19.4 Å². The molecule has 68 heavy (non-hydrogen) atoms. The second-order valence-electron chi connectivity index (χ2n) is 20.5. The van der Waals surface area contributed by atoms with Crippen LogP contribution in [0.15, 0.2) is 60.1 Å². The molecule has 10 rings (SSSR count). The van der Waals surface area contributed by atoms with Crippen molar-refractivity contribution < 1.29 is 23.1 Å². The average molecular weight is 945 g/mol. The van der Waals surface area contributed by atoms with Crippen LogP contribution >= 0.6 is 11.6 Å². The van der Waals surface area contributed by atoms with Crippen LogP contribution in [0.2, 0.25) is 5.02 Å². The number of aryl methyl sites for hydroxylation is 2. The molecule has 1 spiro atoms. The summed E-state index contributed by atoms with van der Waals surface area (Å²) in [6.45, 7) is 12.9. The summed E-state index contributed by atoms with van der Waals surface area (Å²) in [5.74, 6) is 1.51. The van der Waals surface area contributed by atoms with E-state index in [-0.39, 0.29) is 29.0 Å². The molecule has 3 aliphatic heterocycles. The van der Waals surface area contributed by atoms with Gasteiger partial charge in [-0.3, -0.25) is 19.0 Å². The Hall–Kier alpha value is -6.21. The molecule has 0 bridgehead atoms. The Morgan fingerprint density at radius 1 is 0.985 bits per heavy atom. The molecule has 2 aliphatic carbocycles. The number of ether oxygens (including phenoxy) is 1. The van der Waals surface area contributed by atoms with E-state index in [1.165, 1.54) is 0 Å². The Balaban J connectivity index is 0.828. The third-order valence-corrected chi connectivity index (χ3v) is 15.7. The highest BCUT2D eigenvalue weighted by Gasteiger charge is 2.61. The van der Waals surface area contributed by atoms with Crippen LogP contribution in [-0.2, 0) is 31.2 Å². The van der Waals surface area contributed by atoms with E-state index in [0.717, 1.165) is 92.1 Å². The van der Waals surface area contributed by atoms with Crippen molar-refractivity contribution in [2.45, 2.75) is 111 Å². The quantitative estimate of drug-likeness (QED) is 0.147. The Bertz CT molecular complexity index is 2870. The molecule has 3 aromatic heterocycles. The van der Waals surface area contributed by atoms with E-state index in [0.29, 0.717) is 65.0 Å². The lowest BCUT2D eigenvalue weighted by atomic mass is 9.51. The number of anilines is 3. The van der Waals surface area contributed by atoms with Gasteiger partial charge >= 0.3 is 0 Å². The van der Waals surface area contributed by atoms with Crippen LogP contribution in [0.1, 0.15) is 124 Å². The topological polar surface area (TPSA) is 151 Å². The summed E-state index contributed by atoms with van der Waals surface area (Å²) in [6.07, 6.45) is 10.8. The molecule has 0 atom stereocenters. The molecule has 0 unspecified atom stereocenters. The molecule has 2 aromatic carbocycles. The summed E-state index contributed by atoms with van der Waals surface area (Å²) in [5.41, 5.74) is 5.46. The number of nitriles is 1. The van der Waals surface area contributed by atoms with Crippen molar-refractivity contribution in [3.8, 4) is 22.9 Å². The van der Waals surface area contributed by atoms with Crippen LogP contribution in [0, 0.1) is 27.6 Å². The molecular formula is C51H56ClF2N11O3. The van der Waals surface area contributed by atoms with Crippen LogP contribution in [-0.4, -0.2) is 84.2 Å². The minimum absolute atomic E-state index is 0.00856. The molecule has 6 heterocycles. The van der Waals surface area contributed by atoms with E-state index >= 15 is 0 Å². The fourth-order valence-electron chi connectivity index (χ4n) is 12.1. The van der Waals surface area contributed by atoms with E-state index in [1.54, 1.807) is 67.7 Å². The van der Waals surface area contributed by atoms with E-state index in [9.17, 15) is 23.6 Å². The number of aromatic nitrogens is 6. The Labute approximate surface area is 400 Å². The number of aliphatic imine (C=N–C) groups is 1. The van der Waals surface area contributed by atoms with Crippen molar-refractivity contribution in [2.24, 2.45) is 28.3 Å². The summed E-state index contributed by atoms with van der Waals surface area (Å²) in [5, 5.41) is 19.2. The van der Waals surface area contributed by atoms with E-state index in [2.05, 4.69) is 40.6 Å². The van der Waals surface area contributed by atoms with Gasteiger partial charge in [-0.05, 0) is 85.8 Å². The predicted octanol–water partition coefficient (Wildman–Crippen LogP) is 9.63. The second kappa shape index (κ2) is 17.1. The monoisotopic (exact) mass is 943 g/mol. The van der Waals surface area contributed by atoms with Crippen LogP contribution in [0.25, 0.3) is 11.1 Å². The molecule has 3 fully saturated rings. The van der Waals surface area contributed by atoms with Crippen LogP contribution in [0.3, 0.4) is 0 Å². The van der Waals surface area contributed by atoms with Gasteiger partial charge in [0.2, 0.25) is 11.9 Å². The summed E-state index contributed by atoms with van der Waals surface area (Å²) in [6, 6.07) is 10.8. The van der Waals surface area contributed by atoms with Gasteiger partial charge in [0.1, 0.15) is 17.9 Å². The number of rotatable bonds is 8. The highest BCUT2D eigenvalue weighted by Crippen LogP contribution is 2.54. The Morgan fingerprint density at radius 3 is 2.40 bits per heavy atom. The largest absolute Gasteiger partial charge is 0.488 e. The minimum atomic E-state index is -2.67. The highest BCUT2D eigenvalue weighted by atomic mass is 35.5. The maximum absolute atomic E-state index is 14.8. The van der Waals surface area contributed by atoms with Crippen molar-refractivity contribution in [3.05, 3.63) is 93.7 Å². The van der Waals surface area contributed by atoms with Gasteiger partial charge in [0, 0.05) is 116 Å². The summed E-state index contributed by atoms with van der Waals surface area (Å²) in [4.78, 5) is 46.5. The van der Waals surface area contributed by atoms with E-state index in [1.807, 2.05) is 38.7 Å². The number of halogens is 3. The molecule has 14 nitrogen and oxygen atoms in total. The maximum atomic E-state index is 14.8. The third-order valence-electron chi connectivity index (χ3n) is 15.4. The fourth-order valence-corrected chi connectivity index (χ4v) is 12.3. The SMILES string of the molecule is CC(=O)N1CCc2c(c(N3CCCc4cc(-c5cnn(C)c5)c(C(F)F)cc43)nn2C2CCC3(CC2)CCN(c2ncc(C(=O)N=C4C(C)(C)C(Oc5ccc(C#N)c(Cl)c5)C4(C)C)cn2)C3)C1. The Morgan fingerprint density at radius 2 is 1.74 bits per heavy atom. The maximum Gasteiger partial charge on any atom is 0.280 e. The predicted molar refractivity (Wildman–Crippen MR) is 255 cm³/mol. The molecule has 2 amide bonds. The summed E-state index contributed by atoms with van der Waals surface area (Å²) in [7, 11) is 1.78. The van der Waals surface area contributed by atoms with Crippen LogP contribution in [0.5, 0.6) is 5.75 Å². The molecule has 0 N–H and O–H groups in total. The van der Waals surface area contributed by atoms with Gasteiger partial charge in [0.15, 0.2) is 5.82 Å². The van der Waals surface area contributed by atoms with Gasteiger partial charge in [-0.1, -0.05) is 39.3 Å². The van der Waals surface area contributed by atoms with Crippen LogP contribution in [0.4, 0.5) is 26.2 Å². The minimum Gasteiger partial charge on any atom is -0.488 e. The standard InChI is InChI=1S/C51H56ClF2N11O3/c1-30(66)62-18-13-41-39(28-62)44(64-17-7-8-31-20-37(34-26-58-61(6)27-34)38(43(53)54)22-42(31)64)60-65(41)35-11-14-51(15-12-35)16-19-63(29-51)48-56-24-33(25-57-48)45(67)59-46-49(2,3)47(50(46,4)5)68-36-10-9-32(23-55)40(52)21-36/h9-10,20-22,24-27,35,43,47H,7-8,11-19,28-29H2,1-6H3. The average Bonchev–Trinajstić information content (AvgIpc) is 4.06.